The maximum absolute atomic E-state index is 12.1. The Morgan fingerprint density at radius 1 is 1.14 bits per heavy atom. The fourth-order valence-corrected chi connectivity index (χ4v) is 3.19. The number of nitrogens with one attached hydrogen (secondary N) is 2. The van der Waals surface area contributed by atoms with Gasteiger partial charge >= 0.3 is 5.97 Å². The Morgan fingerprint density at radius 3 is 2.69 bits per heavy atom. The molecule has 0 aromatic heterocycles. The Bertz CT molecular complexity index is 882. The molecule has 1 aliphatic heterocycles. The third-order valence-corrected chi connectivity index (χ3v) is 4.71. The van der Waals surface area contributed by atoms with E-state index in [0.29, 0.717) is 31.6 Å². The fraction of sp³-hybridized carbons (Fsp3) is 0.318. The summed E-state index contributed by atoms with van der Waals surface area (Å²) < 4.78 is 5.69. The Hall–Kier alpha value is -3.35. The zero-order valence-corrected chi connectivity index (χ0v) is 16.0. The minimum atomic E-state index is -1.06. The molecule has 152 valence electrons. The van der Waals surface area contributed by atoms with E-state index in [4.69, 9.17) is 4.74 Å². The van der Waals surface area contributed by atoms with Crippen molar-refractivity contribution in [1.82, 2.24) is 5.32 Å². The summed E-state index contributed by atoms with van der Waals surface area (Å²) in [6, 6.07) is 13.7. The van der Waals surface area contributed by atoms with Gasteiger partial charge in [-0.25, -0.2) is 4.79 Å². The third-order valence-electron chi connectivity index (χ3n) is 4.71. The number of carboxylic acid groups (broad SMARTS) is 1. The predicted octanol–water partition coefficient (Wildman–Crippen LogP) is 2.54. The quantitative estimate of drug-likeness (QED) is 0.565. The summed E-state index contributed by atoms with van der Waals surface area (Å²) in [6.07, 6.45) is 2.03. The topological polar surface area (TPSA) is 105 Å². The monoisotopic (exact) mass is 396 g/mol. The zero-order chi connectivity index (χ0) is 20.6. The Kier molecular flexibility index (Phi) is 6.84. The zero-order valence-electron chi connectivity index (χ0n) is 16.0. The lowest BCUT2D eigenvalue weighted by atomic mass is 10.0. The van der Waals surface area contributed by atoms with Gasteiger partial charge in [0.05, 0.1) is 6.61 Å². The highest BCUT2D eigenvalue weighted by molar-refractivity contribution is 5.94. The Balaban J connectivity index is 1.42. The summed E-state index contributed by atoms with van der Waals surface area (Å²) in [5, 5.41) is 14.7. The van der Waals surface area contributed by atoms with E-state index in [1.165, 1.54) is 0 Å². The molecule has 0 bridgehead atoms. The number of carbonyl (C=O) groups is 3. The number of ether oxygens (including phenoxy) is 1. The van der Waals surface area contributed by atoms with Crippen LogP contribution in [0.25, 0.3) is 0 Å². The number of aryl methyl sites for hydroxylation is 1. The lowest BCUT2D eigenvalue weighted by molar-refractivity contribution is -0.141. The lowest BCUT2D eigenvalue weighted by Crippen LogP contribution is -2.42. The second-order valence-electron chi connectivity index (χ2n) is 6.97. The molecule has 29 heavy (non-hydrogen) atoms. The number of aliphatic carboxylic acids is 1. The number of anilines is 1. The second-order valence-corrected chi connectivity index (χ2v) is 6.97. The van der Waals surface area contributed by atoms with Crippen molar-refractivity contribution >= 4 is 23.5 Å². The predicted molar refractivity (Wildman–Crippen MR) is 108 cm³/mol. The molecule has 7 heteroatoms. The van der Waals surface area contributed by atoms with Crippen LogP contribution >= 0.6 is 0 Å². The summed E-state index contributed by atoms with van der Waals surface area (Å²) >= 11 is 0. The van der Waals surface area contributed by atoms with Crippen LogP contribution in [0, 0.1) is 0 Å². The first-order chi connectivity index (χ1) is 14.0. The van der Waals surface area contributed by atoms with Crippen LogP contribution in [-0.2, 0) is 27.2 Å². The van der Waals surface area contributed by atoms with Gasteiger partial charge in [-0.3, -0.25) is 9.59 Å². The van der Waals surface area contributed by atoms with Gasteiger partial charge in [-0.2, -0.15) is 0 Å². The summed E-state index contributed by atoms with van der Waals surface area (Å²) in [7, 11) is 0. The first-order valence-electron chi connectivity index (χ1n) is 9.63. The molecule has 2 aromatic carbocycles. The highest BCUT2D eigenvalue weighted by atomic mass is 16.5. The molecule has 2 amide bonds. The van der Waals surface area contributed by atoms with Gasteiger partial charge in [0.15, 0.2) is 0 Å². The smallest absolute Gasteiger partial charge is 0.326 e. The SMILES string of the molecule is O=C1CCc2cc(OCCCC(=O)NC(Cc3ccccc3)C(=O)O)ccc2N1. The fourth-order valence-electron chi connectivity index (χ4n) is 3.19. The van der Waals surface area contributed by atoms with Crippen LogP contribution in [0.5, 0.6) is 5.75 Å². The number of benzene rings is 2. The summed E-state index contributed by atoms with van der Waals surface area (Å²) in [6.45, 7) is 0.342. The van der Waals surface area contributed by atoms with Crippen LogP contribution in [0.2, 0.25) is 0 Å². The second kappa shape index (κ2) is 9.73. The summed E-state index contributed by atoms with van der Waals surface area (Å²) in [5.74, 6) is -0.665. The van der Waals surface area contributed by atoms with Gasteiger partial charge in [-0.15, -0.1) is 0 Å². The molecule has 1 heterocycles. The highest BCUT2D eigenvalue weighted by Gasteiger charge is 2.20. The largest absolute Gasteiger partial charge is 0.494 e. The van der Waals surface area contributed by atoms with E-state index in [1.807, 2.05) is 42.5 Å². The highest BCUT2D eigenvalue weighted by Crippen LogP contribution is 2.26. The van der Waals surface area contributed by atoms with E-state index in [-0.39, 0.29) is 24.7 Å². The number of hydrogen-bond acceptors (Lipinski definition) is 4. The lowest BCUT2D eigenvalue weighted by Gasteiger charge is -2.18. The van der Waals surface area contributed by atoms with Gasteiger partial charge in [-0.1, -0.05) is 30.3 Å². The molecule has 0 saturated heterocycles. The van der Waals surface area contributed by atoms with E-state index >= 15 is 0 Å². The number of carbonyl (C=O) groups excluding carboxylic acids is 2. The van der Waals surface area contributed by atoms with Crippen molar-refractivity contribution in [2.75, 3.05) is 11.9 Å². The molecule has 0 spiro atoms. The number of amides is 2. The molecular weight excluding hydrogens is 372 g/mol. The van der Waals surface area contributed by atoms with Gasteiger partial charge in [-0.05, 0) is 42.2 Å². The van der Waals surface area contributed by atoms with Gasteiger partial charge in [0.25, 0.3) is 0 Å². The normalized spacial score (nSPS) is 13.7. The van der Waals surface area contributed by atoms with Crippen LogP contribution in [0.4, 0.5) is 5.69 Å². The van der Waals surface area contributed by atoms with E-state index in [2.05, 4.69) is 10.6 Å². The van der Waals surface area contributed by atoms with E-state index in [0.717, 1.165) is 16.8 Å². The van der Waals surface area contributed by atoms with Gasteiger partial charge in [0, 0.05) is 24.9 Å². The van der Waals surface area contributed by atoms with Crippen molar-refractivity contribution in [3.63, 3.8) is 0 Å². The number of fused-ring (bicyclic) bond motifs is 1. The molecule has 3 N–H and O–H groups in total. The van der Waals surface area contributed by atoms with Crippen molar-refractivity contribution < 1.29 is 24.2 Å². The van der Waals surface area contributed by atoms with Crippen LogP contribution in [0.1, 0.15) is 30.4 Å². The van der Waals surface area contributed by atoms with E-state index in [1.54, 1.807) is 6.07 Å². The van der Waals surface area contributed by atoms with Crippen molar-refractivity contribution in [1.29, 1.82) is 0 Å². The van der Waals surface area contributed by atoms with Crippen molar-refractivity contribution in [3.05, 3.63) is 59.7 Å². The molecule has 3 rings (SSSR count). The Morgan fingerprint density at radius 2 is 1.93 bits per heavy atom. The van der Waals surface area contributed by atoms with E-state index < -0.39 is 12.0 Å². The van der Waals surface area contributed by atoms with E-state index in [9.17, 15) is 19.5 Å². The van der Waals surface area contributed by atoms with Gasteiger partial charge in [0.2, 0.25) is 11.8 Å². The first-order valence-corrected chi connectivity index (χ1v) is 9.63. The van der Waals surface area contributed by atoms with Crippen molar-refractivity contribution in [2.45, 2.75) is 38.1 Å². The molecule has 1 unspecified atom stereocenters. The van der Waals surface area contributed by atoms with Gasteiger partial charge in [0.1, 0.15) is 11.8 Å². The maximum Gasteiger partial charge on any atom is 0.326 e. The third kappa shape index (κ3) is 6.07. The van der Waals surface area contributed by atoms with Crippen LogP contribution in [0.15, 0.2) is 48.5 Å². The first kappa shape index (κ1) is 20.4. The molecule has 0 saturated carbocycles. The molecule has 0 aliphatic carbocycles. The van der Waals surface area contributed by atoms with Crippen molar-refractivity contribution in [2.24, 2.45) is 0 Å². The van der Waals surface area contributed by atoms with Crippen molar-refractivity contribution in [3.8, 4) is 5.75 Å². The number of hydrogen-bond donors (Lipinski definition) is 3. The Labute approximate surface area is 169 Å². The number of carboxylic acids is 1. The van der Waals surface area contributed by atoms with Crippen LogP contribution in [0.3, 0.4) is 0 Å². The molecule has 0 fully saturated rings. The minimum absolute atomic E-state index is 0.0177. The number of rotatable bonds is 9. The molecule has 0 radical (unpaired) electrons. The van der Waals surface area contributed by atoms with Gasteiger partial charge < -0.3 is 20.5 Å². The maximum atomic E-state index is 12.1. The van der Waals surface area contributed by atoms with Crippen LogP contribution in [-0.4, -0.2) is 35.5 Å². The standard InChI is InChI=1S/C22H24N2O5/c25-20(24-19(22(27)28)13-15-5-2-1-3-6-15)7-4-12-29-17-9-10-18-16(14-17)8-11-21(26)23-18/h1-3,5-6,9-10,14,19H,4,7-8,11-13H2,(H,23,26)(H,24,25)(H,27,28). The molecule has 7 nitrogen and oxygen atoms in total. The molecule has 2 aromatic rings. The summed E-state index contributed by atoms with van der Waals surface area (Å²) in [5.41, 5.74) is 2.70. The summed E-state index contributed by atoms with van der Waals surface area (Å²) in [4.78, 5) is 34.9. The average molecular weight is 396 g/mol. The molecule has 1 atom stereocenters. The molecular formula is C22H24N2O5. The van der Waals surface area contributed by atoms with Crippen LogP contribution < -0.4 is 15.4 Å². The average Bonchev–Trinajstić information content (AvgIpc) is 2.71. The minimum Gasteiger partial charge on any atom is -0.494 e. The molecule has 1 aliphatic rings.